The molecule has 37 heavy (non-hydrogen) atoms. The van der Waals surface area contributed by atoms with Crippen molar-refractivity contribution in [2.45, 2.75) is 12.2 Å². The van der Waals surface area contributed by atoms with Crippen LogP contribution in [0.4, 0.5) is 4.79 Å². The van der Waals surface area contributed by atoms with Crippen molar-refractivity contribution in [2.75, 3.05) is 28.3 Å². The van der Waals surface area contributed by atoms with Crippen molar-refractivity contribution in [3.8, 4) is 11.5 Å². The van der Waals surface area contributed by atoms with Gasteiger partial charge in [-0.05, 0) is 35.9 Å². The standard InChI is InChI=1S/C25H22N6O5S/c1-28-19-20(29(2)25(34)30(3)22(19)33)27-23(28)36-16-10-9-13(11-17(16)35-4)12-18-21(32)31-15-8-6-5-7-14(15)26-24(31)37-18/h5-12,19-20H,1-4H3/b18-12+/t19-,20+/m0/s1. The van der Waals surface area contributed by atoms with Crippen LogP contribution in [0.3, 0.4) is 0 Å². The lowest BCUT2D eigenvalue weighted by Gasteiger charge is -2.38. The third-order valence-corrected chi connectivity index (χ3v) is 7.61. The molecule has 1 fully saturated rings. The molecule has 2 aliphatic heterocycles. The summed E-state index contributed by atoms with van der Waals surface area (Å²) in [5, 5.41) is 0. The number of aromatic nitrogens is 2. The molecule has 4 heterocycles. The number of hydrogen-bond donors (Lipinski definition) is 0. The van der Waals surface area contributed by atoms with Gasteiger partial charge in [0.15, 0.2) is 28.7 Å². The molecule has 6 rings (SSSR count). The third-order valence-electron chi connectivity index (χ3n) is 6.64. The summed E-state index contributed by atoms with van der Waals surface area (Å²) < 4.78 is 13.7. The lowest BCUT2D eigenvalue weighted by Crippen LogP contribution is -2.63. The highest BCUT2D eigenvalue weighted by Gasteiger charge is 2.50. The number of ether oxygens (including phenoxy) is 2. The molecule has 0 saturated carbocycles. The number of rotatable bonds is 3. The molecule has 11 nitrogen and oxygen atoms in total. The van der Waals surface area contributed by atoms with Gasteiger partial charge in [-0.1, -0.05) is 29.5 Å². The summed E-state index contributed by atoms with van der Waals surface area (Å²) >= 11 is 1.32. The van der Waals surface area contributed by atoms with E-state index < -0.39 is 18.2 Å². The summed E-state index contributed by atoms with van der Waals surface area (Å²) in [5.74, 6) is 0.457. The van der Waals surface area contributed by atoms with E-state index in [2.05, 4.69) is 9.98 Å². The molecule has 0 N–H and O–H groups in total. The van der Waals surface area contributed by atoms with Crippen molar-refractivity contribution in [3.05, 3.63) is 62.9 Å². The van der Waals surface area contributed by atoms with Gasteiger partial charge in [-0.2, -0.15) is 0 Å². The number of urea groups is 1. The fourth-order valence-electron chi connectivity index (χ4n) is 4.65. The monoisotopic (exact) mass is 518 g/mol. The number of carbonyl (C=O) groups excluding carboxylic acids is 2. The van der Waals surface area contributed by atoms with Gasteiger partial charge in [-0.3, -0.25) is 14.5 Å². The molecule has 188 valence electrons. The van der Waals surface area contributed by atoms with Gasteiger partial charge >= 0.3 is 6.03 Å². The molecule has 2 atom stereocenters. The first kappa shape index (κ1) is 23.0. The molecule has 0 radical (unpaired) electrons. The fraction of sp³-hybridized carbons (Fsp3) is 0.240. The second-order valence-electron chi connectivity index (χ2n) is 8.82. The Balaban J connectivity index is 1.32. The van der Waals surface area contributed by atoms with E-state index in [9.17, 15) is 14.4 Å². The highest BCUT2D eigenvalue weighted by atomic mass is 32.1. The minimum atomic E-state index is -0.681. The van der Waals surface area contributed by atoms with E-state index in [0.29, 0.717) is 21.0 Å². The zero-order chi connectivity index (χ0) is 26.0. The maximum Gasteiger partial charge on any atom is 0.328 e. The molecule has 0 bridgehead atoms. The van der Waals surface area contributed by atoms with Gasteiger partial charge in [-0.25, -0.2) is 19.2 Å². The molecule has 0 aliphatic carbocycles. The summed E-state index contributed by atoms with van der Waals surface area (Å²) in [6.45, 7) is 0. The molecule has 3 amide bonds. The number of methoxy groups -OCH3 is 1. The Labute approximate surface area is 214 Å². The fourth-order valence-corrected chi connectivity index (χ4v) is 5.63. The van der Waals surface area contributed by atoms with Crippen LogP contribution in [0.25, 0.3) is 22.1 Å². The van der Waals surface area contributed by atoms with E-state index >= 15 is 0 Å². The Morgan fingerprint density at radius 2 is 1.78 bits per heavy atom. The number of para-hydroxylation sites is 2. The first-order chi connectivity index (χ1) is 17.8. The number of hydrogen-bond acceptors (Lipinski definition) is 9. The Morgan fingerprint density at radius 1 is 1.00 bits per heavy atom. The smallest absolute Gasteiger partial charge is 0.328 e. The van der Waals surface area contributed by atoms with E-state index in [1.54, 1.807) is 47.7 Å². The Bertz CT molecular complexity index is 1740. The number of amidine groups is 1. The Kier molecular flexibility index (Phi) is 5.16. The zero-order valence-electron chi connectivity index (χ0n) is 20.4. The number of imide groups is 1. The Morgan fingerprint density at radius 3 is 2.57 bits per heavy atom. The van der Waals surface area contributed by atoms with Crippen molar-refractivity contribution in [1.29, 1.82) is 0 Å². The van der Waals surface area contributed by atoms with Crippen LogP contribution in [-0.4, -0.2) is 82.5 Å². The molecule has 0 unspecified atom stereocenters. The molecular formula is C25H22N6O5S. The van der Waals surface area contributed by atoms with E-state index in [1.165, 1.54) is 30.4 Å². The van der Waals surface area contributed by atoms with Gasteiger partial charge in [0.1, 0.15) is 0 Å². The van der Waals surface area contributed by atoms with E-state index in [1.807, 2.05) is 24.3 Å². The lowest BCUT2D eigenvalue weighted by atomic mass is 10.1. The van der Waals surface area contributed by atoms with Crippen molar-refractivity contribution in [2.24, 2.45) is 4.99 Å². The maximum absolute atomic E-state index is 13.1. The predicted octanol–water partition coefficient (Wildman–Crippen LogP) is 1.36. The van der Waals surface area contributed by atoms with Gasteiger partial charge in [0.25, 0.3) is 17.5 Å². The van der Waals surface area contributed by atoms with E-state index in [4.69, 9.17) is 9.47 Å². The van der Waals surface area contributed by atoms with Gasteiger partial charge in [0.2, 0.25) is 0 Å². The van der Waals surface area contributed by atoms with Gasteiger partial charge in [0, 0.05) is 21.1 Å². The molecule has 2 aliphatic rings. The highest BCUT2D eigenvalue weighted by Crippen LogP contribution is 2.32. The van der Waals surface area contributed by atoms with Gasteiger partial charge in [-0.15, -0.1) is 0 Å². The van der Waals surface area contributed by atoms with Crippen LogP contribution in [0.5, 0.6) is 11.5 Å². The number of thiazole rings is 1. The average Bonchev–Trinajstić information content (AvgIpc) is 3.52. The molecular weight excluding hydrogens is 496 g/mol. The van der Waals surface area contributed by atoms with Crippen molar-refractivity contribution >= 4 is 51.4 Å². The van der Waals surface area contributed by atoms with Crippen LogP contribution in [0.15, 0.2) is 52.3 Å². The predicted molar refractivity (Wildman–Crippen MR) is 138 cm³/mol. The summed E-state index contributed by atoms with van der Waals surface area (Å²) in [4.78, 5) is 51.9. The largest absolute Gasteiger partial charge is 0.493 e. The third kappa shape index (κ3) is 3.44. The maximum atomic E-state index is 13.1. The van der Waals surface area contributed by atoms with Crippen molar-refractivity contribution < 1.29 is 19.1 Å². The summed E-state index contributed by atoms with van der Waals surface area (Å²) in [6, 6.07) is 11.9. The van der Waals surface area contributed by atoms with Crippen molar-refractivity contribution in [3.63, 3.8) is 0 Å². The summed E-state index contributed by atoms with van der Waals surface area (Å²) in [7, 11) is 6.26. The summed E-state index contributed by atoms with van der Waals surface area (Å²) in [6.07, 6.45) is 1.10. The zero-order valence-corrected chi connectivity index (χ0v) is 21.2. The molecule has 4 aromatic rings. The van der Waals surface area contributed by atoms with Gasteiger partial charge < -0.3 is 19.3 Å². The van der Waals surface area contributed by atoms with Crippen LogP contribution < -0.4 is 19.6 Å². The van der Waals surface area contributed by atoms with Crippen LogP contribution in [0.2, 0.25) is 0 Å². The van der Waals surface area contributed by atoms with Crippen LogP contribution >= 0.6 is 11.3 Å². The molecule has 2 aromatic heterocycles. The number of carbonyl (C=O) groups is 2. The normalized spacial score (nSPS) is 20.3. The molecule has 0 spiro atoms. The number of aliphatic imine (C=N–C) groups is 1. The average molecular weight is 519 g/mol. The number of amides is 3. The van der Waals surface area contributed by atoms with E-state index in [0.717, 1.165) is 21.5 Å². The first-order valence-electron chi connectivity index (χ1n) is 11.4. The minimum absolute atomic E-state index is 0.133. The second-order valence-corrected chi connectivity index (χ2v) is 9.83. The van der Waals surface area contributed by atoms with Crippen LogP contribution in [0, 0.1) is 0 Å². The van der Waals surface area contributed by atoms with Crippen LogP contribution in [-0.2, 0) is 4.79 Å². The lowest BCUT2D eigenvalue weighted by molar-refractivity contribution is -0.135. The molecule has 1 saturated heterocycles. The quantitative estimate of drug-likeness (QED) is 0.403. The molecule has 2 aromatic carbocycles. The van der Waals surface area contributed by atoms with Gasteiger partial charge in [0.05, 0.1) is 22.7 Å². The number of benzene rings is 2. The van der Waals surface area contributed by atoms with E-state index in [-0.39, 0.29) is 17.5 Å². The highest BCUT2D eigenvalue weighted by molar-refractivity contribution is 7.15. The van der Waals surface area contributed by atoms with Crippen molar-refractivity contribution in [1.82, 2.24) is 24.1 Å². The first-order valence-corrected chi connectivity index (χ1v) is 12.2. The SMILES string of the molecule is COc1cc(/C=c2/sc3nc4ccccc4n3c2=O)ccc1OC1=N[C@H]2[C@@H](C(=O)N(C)C(=O)N2C)N1C. The number of likely N-dealkylation sites (N-methyl/N-ethyl adjacent to an activating group) is 3. The minimum Gasteiger partial charge on any atom is -0.493 e. The number of imidazole rings is 1. The Hall–Kier alpha value is -4.45. The number of nitrogens with zero attached hydrogens (tertiary/aromatic N) is 6. The van der Waals surface area contributed by atoms with Crippen LogP contribution in [0.1, 0.15) is 5.56 Å². The molecule has 12 heteroatoms. The summed E-state index contributed by atoms with van der Waals surface area (Å²) in [5.41, 5.74) is 2.17. The topological polar surface area (TPSA) is 109 Å². The number of fused-ring (bicyclic) bond motifs is 4. The second kappa shape index (κ2) is 8.30.